The zero-order valence-electron chi connectivity index (χ0n) is 10.1. The molecule has 0 amide bonds. The zero-order valence-corrected chi connectivity index (χ0v) is 10.9. The highest BCUT2D eigenvalue weighted by molar-refractivity contribution is 6.33. The Kier molecular flexibility index (Phi) is 3.47. The van der Waals surface area contributed by atoms with Crippen LogP contribution in [0.5, 0.6) is 0 Å². The van der Waals surface area contributed by atoms with Gasteiger partial charge < -0.3 is 5.11 Å². The Hall–Kier alpha value is -1.69. The number of aliphatic carboxylic acids is 1. The number of aryl methyl sites for hydroxylation is 2. The lowest BCUT2D eigenvalue weighted by molar-refractivity contribution is -0.136. The van der Waals surface area contributed by atoms with Crippen molar-refractivity contribution in [2.75, 3.05) is 0 Å². The number of carbonyl (C=O) groups is 1. The molecule has 96 valence electrons. The Balaban J connectivity index is 2.61. The highest BCUT2D eigenvalue weighted by Gasteiger charge is 2.16. The van der Waals surface area contributed by atoms with E-state index in [1.54, 1.807) is 11.7 Å². The molecule has 6 nitrogen and oxygen atoms in total. The Morgan fingerprint density at radius 3 is 2.78 bits per heavy atom. The first-order valence-corrected chi connectivity index (χ1v) is 6.00. The fraction of sp³-hybridized carbons (Fsp3) is 0.455. The van der Waals surface area contributed by atoms with Gasteiger partial charge >= 0.3 is 5.97 Å². The zero-order chi connectivity index (χ0) is 13.3. The first-order chi connectivity index (χ1) is 8.52. The molecule has 0 unspecified atom stereocenters. The smallest absolute Gasteiger partial charge is 0.311 e. The molecule has 0 fully saturated rings. The van der Waals surface area contributed by atoms with E-state index < -0.39 is 5.97 Å². The van der Waals surface area contributed by atoms with Crippen molar-refractivity contribution in [1.82, 2.24) is 19.7 Å². The van der Waals surface area contributed by atoms with E-state index in [1.807, 2.05) is 6.92 Å². The fourth-order valence-electron chi connectivity index (χ4n) is 1.86. The van der Waals surface area contributed by atoms with Gasteiger partial charge in [0.05, 0.1) is 5.69 Å². The van der Waals surface area contributed by atoms with Gasteiger partial charge in [0.15, 0.2) is 5.15 Å². The third-order valence-corrected chi connectivity index (χ3v) is 2.82. The number of carboxylic acid groups (broad SMARTS) is 1. The van der Waals surface area contributed by atoms with Crippen molar-refractivity contribution in [2.24, 2.45) is 7.05 Å². The molecule has 2 aromatic heterocycles. The summed E-state index contributed by atoms with van der Waals surface area (Å²) in [5.41, 5.74) is 2.12. The number of hydrogen-bond donors (Lipinski definition) is 1. The minimum atomic E-state index is -0.980. The van der Waals surface area contributed by atoms with Gasteiger partial charge in [-0.15, -0.1) is 0 Å². The summed E-state index contributed by atoms with van der Waals surface area (Å²) in [5, 5.41) is 13.4. The maximum absolute atomic E-state index is 10.7. The number of nitrogens with zero attached hydrogens (tertiary/aromatic N) is 4. The Morgan fingerprint density at radius 1 is 1.44 bits per heavy atom. The molecule has 1 N–H and O–H groups in total. The first kappa shape index (κ1) is 12.8. The Labute approximate surface area is 109 Å². The monoisotopic (exact) mass is 268 g/mol. The van der Waals surface area contributed by atoms with Crippen LogP contribution in [0.4, 0.5) is 0 Å². The number of halogens is 1. The second kappa shape index (κ2) is 4.89. The van der Waals surface area contributed by atoms with Crippen LogP contribution in [0.3, 0.4) is 0 Å². The molecule has 0 saturated carbocycles. The van der Waals surface area contributed by atoms with Gasteiger partial charge in [-0.1, -0.05) is 24.9 Å². The number of hydrogen-bond acceptors (Lipinski definition) is 4. The maximum Gasteiger partial charge on any atom is 0.311 e. The van der Waals surface area contributed by atoms with Crippen molar-refractivity contribution in [1.29, 1.82) is 0 Å². The predicted octanol–water partition coefficient (Wildman–Crippen LogP) is 1.60. The molecule has 0 spiro atoms. The third-order valence-electron chi connectivity index (χ3n) is 2.55. The Morgan fingerprint density at radius 2 is 2.17 bits per heavy atom. The van der Waals surface area contributed by atoms with Gasteiger partial charge in [0.2, 0.25) is 0 Å². The summed E-state index contributed by atoms with van der Waals surface area (Å²) >= 11 is 6.06. The first-order valence-electron chi connectivity index (χ1n) is 5.62. The maximum atomic E-state index is 10.7. The van der Waals surface area contributed by atoms with E-state index in [4.69, 9.17) is 16.7 Å². The third kappa shape index (κ3) is 2.28. The number of carboxylic acids is 1. The van der Waals surface area contributed by atoms with Gasteiger partial charge in [0, 0.05) is 7.05 Å². The summed E-state index contributed by atoms with van der Waals surface area (Å²) in [6.45, 7) is 2.04. The SMILES string of the molecule is CCCc1nn(C)c2c(Cl)nc(CC(=O)O)nc12. The van der Waals surface area contributed by atoms with Gasteiger partial charge in [0.25, 0.3) is 0 Å². The molecule has 0 aliphatic heterocycles. The average molecular weight is 269 g/mol. The van der Waals surface area contributed by atoms with E-state index in [0.29, 0.717) is 11.0 Å². The lowest BCUT2D eigenvalue weighted by atomic mass is 10.2. The van der Waals surface area contributed by atoms with Gasteiger partial charge in [-0.2, -0.15) is 5.10 Å². The Bertz CT molecular complexity index is 609. The molecule has 18 heavy (non-hydrogen) atoms. The van der Waals surface area contributed by atoms with Gasteiger partial charge in [-0.05, 0) is 6.42 Å². The molecule has 0 radical (unpaired) electrons. The van der Waals surface area contributed by atoms with E-state index in [0.717, 1.165) is 18.5 Å². The molecular weight excluding hydrogens is 256 g/mol. The van der Waals surface area contributed by atoms with Crippen LogP contribution >= 0.6 is 11.6 Å². The van der Waals surface area contributed by atoms with Gasteiger partial charge in [-0.25, -0.2) is 9.97 Å². The highest BCUT2D eigenvalue weighted by Crippen LogP contribution is 2.23. The minimum absolute atomic E-state index is 0.213. The molecule has 0 aromatic carbocycles. The summed E-state index contributed by atoms with van der Waals surface area (Å²) in [7, 11) is 1.77. The van der Waals surface area contributed by atoms with E-state index in [2.05, 4.69) is 15.1 Å². The van der Waals surface area contributed by atoms with Crippen LogP contribution < -0.4 is 0 Å². The highest BCUT2D eigenvalue weighted by atomic mass is 35.5. The molecule has 0 atom stereocenters. The van der Waals surface area contributed by atoms with Crippen molar-refractivity contribution in [3.05, 3.63) is 16.7 Å². The molecule has 0 aliphatic rings. The van der Waals surface area contributed by atoms with Crippen LogP contribution in [0.15, 0.2) is 0 Å². The quantitative estimate of drug-likeness (QED) is 0.852. The number of rotatable bonds is 4. The van der Waals surface area contributed by atoms with Crippen LogP contribution in [0.2, 0.25) is 5.15 Å². The molecule has 2 rings (SSSR count). The van der Waals surface area contributed by atoms with Crippen molar-refractivity contribution >= 4 is 28.6 Å². The fourth-order valence-corrected chi connectivity index (χ4v) is 2.17. The predicted molar refractivity (Wildman–Crippen MR) is 66.6 cm³/mol. The molecule has 7 heteroatoms. The largest absolute Gasteiger partial charge is 0.481 e. The van der Waals surface area contributed by atoms with Crippen molar-refractivity contribution in [3.63, 3.8) is 0 Å². The van der Waals surface area contributed by atoms with Gasteiger partial charge in [0.1, 0.15) is 23.3 Å². The molecule has 2 heterocycles. The normalized spacial score (nSPS) is 11.1. The van der Waals surface area contributed by atoms with Crippen LogP contribution in [-0.4, -0.2) is 30.8 Å². The summed E-state index contributed by atoms with van der Waals surface area (Å²) in [6, 6.07) is 0. The average Bonchev–Trinajstić information content (AvgIpc) is 2.55. The lowest BCUT2D eigenvalue weighted by Gasteiger charge is -2.00. The summed E-state index contributed by atoms with van der Waals surface area (Å²) in [5.74, 6) is -0.767. The van der Waals surface area contributed by atoms with Crippen molar-refractivity contribution in [2.45, 2.75) is 26.2 Å². The summed E-state index contributed by atoms with van der Waals surface area (Å²) in [4.78, 5) is 18.9. The molecular formula is C11H13ClN4O2. The van der Waals surface area contributed by atoms with Gasteiger partial charge in [-0.3, -0.25) is 9.48 Å². The molecule has 2 aromatic rings. The van der Waals surface area contributed by atoms with Crippen molar-refractivity contribution in [3.8, 4) is 0 Å². The topological polar surface area (TPSA) is 80.9 Å². The van der Waals surface area contributed by atoms with Crippen LogP contribution in [0.1, 0.15) is 24.9 Å². The molecule has 0 bridgehead atoms. The van der Waals surface area contributed by atoms with E-state index in [-0.39, 0.29) is 17.4 Å². The number of aromatic nitrogens is 4. The number of fused-ring (bicyclic) bond motifs is 1. The summed E-state index contributed by atoms with van der Waals surface area (Å²) in [6.07, 6.45) is 1.47. The van der Waals surface area contributed by atoms with E-state index >= 15 is 0 Å². The second-order valence-corrected chi connectivity index (χ2v) is 4.38. The molecule has 0 aliphatic carbocycles. The van der Waals surface area contributed by atoms with E-state index in [1.165, 1.54) is 0 Å². The van der Waals surface area contributed by atoms with E-state index in [9.17, 15) is 4.79 Å². The van der Waals surface area contributed by atoms with Crippen LogP contribution in [-0.2, 0) is 24.7 Å². The van der Waals surface area contributed by atoms with Crippen LogP contribution in [0.25, 0.3) is 11.0 Å². The van der Waals surface area contributed by atoms with Crippen molar-refractivity contribution < 1.29 is 9.90 Å². The minimum Gasteiger partial charge on any atom is -0.481 e. The summed E-state index contributed by atoms with van der Waals surface area (Å²) < 4.78 is 1.63. The lowest BCUT2D eigenvalue weighted by Crippen LogP contribution is -2.06. The molecule has 0 saturated heterocycles. The van der Waals surface area contributed by atoms with Crippen LogP contribution in [0, 0.1) is 0 Å². The standard InChI is InChI=1S/C11H13ClN4O2/c1-3-4-6-9-10(16(2)15-6)11(12)14-7(13-9)5-8(17)18/h3-5H2,1-2H3,(H,17,18). The second-order valence-electron chi connectivity index (χ2n) is 4.02.